The first-order valence-electron chi connectivity index (χ1n) is 2.46. The van der Waals surface area contributed by atoms with Gasteiger partial charge in [-0.3, -0.25) is 0 Å². The fourth-order valence-electron chi connectivity index (χ4n) is 0.625. The molecule has 2 heteroatoms. The Bertz CT molecular complexity index is 53.1. The van der Waals surface area contributed by atoms with Crippen molar-refractivity contribution < 1.29 is 0 Å². The van der Waals surface area contributed by atoms with E-state index in [1.807, 2.05) is 0 Å². The molecule has 1 saturated heterocycles. The topological polar surface area (TPSA) is 47.0 Å². The number of hydrogen-bond acceptors (Lipinski definition) is 2. The minimum atomic E-state index is 0. The summed E-state index contributed by atoms with van der Waals surface area (Å²) in [5.74, 6) is 0. The molecule has 0 atom stereocenters. The Hall–Kier alpha value is -0.0800. The van der Waals surface area contributed by atoms with E-state index in [4.69, 9.17) is 0 Å². The molecule has 1 fully saturated rings. The second-order valence-electron chi connectivity index (χ2n) is 2.56. The minimum absolute atomic E-state index is 0. The highest BCUT2D eigenvalue weighted by atomic mass is 15.0. The molecule has 1 heterocycles. The fourth-order valence-corrected chi connectivity index (χ4v) is 0.625. The van der Waals surface area contributed by atoms with Crippen molar-refractivity contribution in [2.45, 2.75) is 25.8 Å². The third-order valence-corrected chi connectivity index (χ3v) is 1.35. The summed E-state index contributed by atoms with van der Waals surface area (Å²) in [6, 6.07) is 0. The van der Waals surface area contributed by atoms with Gasteiger partial charge in [-0.2, -0.15) is 0 Å². The molecule has 0 saturated carbocycles. The average Bonchev–Trinajstić information content (AvgIpc) is 1.32. The van der Waals surface area contributed by atoms with Crippen LogP contribution in [0.15, 0.2) is 0 Å². The van der Waals surface area contributed by atoms with Gasteiger partial charge in [0.2, 0.25) is 0 Å². The highest BCUT2D eigenvalue weighted by molar-refractivity contribution is 4.86. The third kappa shape index (κ3) is 1.45. The zero-order valence-corrected chi connectivity index (χ0v) is 5.12. The van der Waals surface area contributed by atoms with Crippen molar-refractivity contribution in [2.24, 2.45) is 0 Å². The standard InChI is InChI=1S/C5H11N.H3N/c1-5(2)3-4-6-5;/h6H,3-4H2,1-2H3;1H3. The normalized spacial score (nSPS) is 24.9. The van der Waals surface area contributed by atoms with Gasteiger partial charge in [-0.15, -0.1) is 0 Å². The largest absolute Gasteiger partial charge is 0.344 e. The summed E-state index contributed by atoms with van der Waals surface area (Å²) in [5.41, 5.74) is 0.472. The van der Waals surface area contributed by atoms with Crippen LogP contribution in [0, 0.1) is 0 Å². The highest BCUT2D eigenvalue weighted by Gasteiger charge is 2.23. The van der Waals surface area contributed by atoms with Crippen LogP contribution in [0.25, 0.3) is 0 Å². The second-order valence-corrected chi connectivity index (χ2v) is 2.56. The Morgan fingerprint density at radius 1 is 1.43 bits per heavy atom. The minimum Gasteiger partial charge on any atom is -0.344 e. The summed E-state index contributed by atoms with van der Waals surface area (Å²) in [6.07, 6.45) is 1.34. The van der Waals surface area contributed by atoms with Crippen LogP contribution in [0.3, 0.4) is 0 Å². The molecule has 44 valence electrons. The lowest BCUT2D eigenvalue weighted by Gasteiger charge is -2.35. The van der Waals surface area contributed by atoms with Gasteiger partial charge in [0.15, 0.2) is 0 Å². The smallest absolute Gasteiger partial charge is 0.0137 e. The summed E-state index contributed by atoms with van der Waals surface area (Å²) in [6.45, 7) is 5.65. The van der Waals surface area contributed by atoms with Gasteiger partial charge in [0.25, 0.3) is 0 Å². The first-order chi connectivity index (χ1) is 2.71. The van der Waals surface area contributed by atoms with E-state index in [9.17, 15) is 0 Å². The zero-order valence-electron chi connectivity index (χ0n) is 5.12. The molecule has 1 aliphatic heterocycles. The maximum Gasteiger partial charge on any atom is 0.0137 e. The van der Waals surface area contributed by atoms with Crippen molar-refractivity contribution in [1.82, 2.24) is 11.5 Å². The highest BCUT2D eigenvalue weighted by Crippen LogP contribution is 2.14. The van der Waals surface area contributed by atoms with Gasteiger partial charge in [0.05, 0.1) is 0 Å². The van der Waals surface area contributed by atoms with Crippen LogP contribution in [0.1, 0.15) is 20.3 Å². The van der Waals surface area contributed by atoms with Crippen molar-refractivity contribution in [1.29, 1.82) is 0 Å². The predicted molar refractivity (Wildman–Crippen MR) is 31.7 cm³/mol. The molecule has 0 radical (unpaired) electrons. The first kappa shape index (κ1) is 6.92. The van der Waals surface area contributed by atoms with Crippen LogP contribution in [0.2, 0.25) is 0 Å². The number of hydrogen-bond donors (Lipinski definition) is 2. The number of nitrogens with one attached hydrogen (secondary N) is 1. The van der Waals surface area contributed by atoms with E-state index in [1.165, 1.54) is 13.0 Å². The molecule has 1 rings (SSSR count). The lowest BCUT2D eigenvalue weighted by molar-refractivity contribution is 0.260. The molecule has 0 unspecified atom stereocenters. The zero-order chi connectivity index (χ0) is 4.62. The molecule has 1 aliphatic rings. The SMILES string of the molecule is CC1(C)CCN1.N. The summed E-state index contributed by atoms with van der Waals surface area (Å²) in [5, 5.41) is 3.28. The Morgan fingerprint density at radius 3 is 1.71 bits per heavy atom. The summed E-state index contributed by atoms with van der Waals surface area (Å²) >= 11 is 0. The molecule has 0 aromatic carbocycles. The fraction of sp³-hybridized carbons (Fsp3) is 1.00. The Labute approximate surface area is 44.9 Å². The van der Waals surface area contributed by atoms with Gasteiger partial charge in [0.1, 0.15) is 0 Å². The Balaban J connectivity index is 0.000000360. The summed E-state index contributed by atoms with van der Waals surface area (Å²) in [4.78, 5) is 0. The lowest BCUT2D eigenvalue weighted by Crippen LogP contribution is -2.51. The maximum absolute atomic E-state index is 3.28. The van der Waals surface area contributed by atoms with Gasteiger partial charge < -0.3 is 11.5 Å². The van der Waals surface area contributed by atoms with Crippen LogP contribution in [0.4, 0.5) is 0 Å². The Morgan fingerprint density at radius 2 is 1.71 bits per heavy atom. The molecule has 2 nitrogen and oxygen atoms in total. The van der Waals surface area contributed by atoms with Crippen LogP contribution >= 0.6 is 0 Å². The maximum atomic E-state index is 3.28. The molecular weight excluding hydrogens is 88.1 g/mol. The van der Waals surface area contributed by atoms with E-state index in [0.717, 1.165) is 0 Å². The Kier molecular flexibility index (Phi) is 1.78. The van der Waals surface area contributed by atoms with Crippen molar-refractivity contribution in [3.8, 4) is 0 Å². The van der Waals surface area contributed by atoms with Crippen LogP contribution in [-0.4, -0.2) is 12.1 Å². The second kappa shape index (κ2) is 1.80. The van der Waals surface area contributed by atoms with Crippen molar-refractivity contribution in [2.75, 3.05) is 6.54 Å². The lowest BCUT2D eigenvalue weighted by atomic mass is 9.93. The van der Waals surface area contributed by atoms with E-state index < -0.39 is 0 Å². The van der Waals surface area contributed by atoms with E-state index in [1.54, 1.807) is 0 Å². The molecule has 4 N–H and O–H groups in total. The van der Waals surface area contributed by atoms with Crippen molar-refractivity contribution in [3.63, 3.8) is 0 Å². The average molecular weight is 102 g/mol. The molecule has 7 heavy (non-hydrogen) atoms. The van der Waals surface area contributed by atoms with E-state index in [2.05, 4.69) is 19.2 Å². The van der Waals surface area contributed by atoms with Gasteiger partial charge in [0, 0.05) is 5.54 Å². The van der Waals surface area contributed by atoms with Gasteiger partial charge in [-0.25, -0.2) is 0 Å². The first-order valence-corrected chi connectivity index (χ1v) is 2.46. The molecular formula is C5H14N2. The summed E-state index contributed by atoms with van der Waals surface area (Å²) in [7, 11) is 0. The monoisotopic (exact) mass is 102 g/mol. The van der Waals surface area contributed by atoms with Gasteiger partial charge >= 0.3 is 0 Å². The van der Waals surface area contributed by atoms with E-state index in [0.29, 0.717) is 5.54 Å². The molecule has 0 aliphatic carbocycles. The molecule has 0 amide bonds. The van der Waals surface area contributed by atoms with E-state index >= 15 is 0 Å². The summed E-state index contributed by atoms with van der Waals surface area (Å²) < 4.78 is 0. The van der Waals surface area contributed by atoms with Crippen LogP contribution < -0.4 is 11.5 Å². The molecule has 0 aromatic rings. The van der Waals surface area contributed by atoms with Gasteiger partial charge in [-0.1, -0.05) is 0 Å². The quantitative estimate of drug-likeness (QED) is 0.477. The molecule has 0 bridgehead atoms. The predicted octanol–water partition coefficient (Wildman–Crippen LogP) is 0.920. The van der Waals surface area contributed by atoms with Crippen molar-refractivity contribution >= 4 is 0 Å². The van der Waals surface area contributed by atoms with Crippen LogP contribution in [-0.2, 0) is 0 Å². The van der Waals surface area contributed by atoms with E-state index in [-0.39, 0.29) is 6.15 Å². The van der Waals surface area contributed by atoms with Crippen LogP contribution in [0.5, 0.6) is 0 Å². The molecule has 0 spiro atoms. The molecule has 0 aromatic heterocycles. The number of rotatable bonds is 0. The van der Waals surface area contributed by atoms with Gasteiger partial charge in [-0.05, 0) is 26.8 Å². The third-order valence-electron chi connectivity index (χ3n) is 1.35. The van der Waals surface area contributed by atoms with Crippen molar-refractivity contribution in [3.05, 3.63) is 0 Å².